The van der Waals surface area contributed by atoms with E-state index in [0.29, 0.717) is 28.0 Å². The molecule has 9 aromatic rings. The molecule has 0 saturated carbocycles. The molecule has 0 aliphatic heterocycles. The first-order valence-corrected chi connectivity index (χ1v) is 16.5. The van der Waals surface area contributed by atoms with Crippen molar-refractivity contribution in [2.45, 2.75) is 40.8 Å². The quantitative estimate of drug-likeness (QED) is 0.131. The summed E-state index contributed by atoms with van der Waals surface area (Å²) in [7, 11) is 0. The standard InChI is InChI=1S/C31H20NO.C16H18N.Ir/c1-18-14-29(32-17-19(18)2)25-13-7-12-24-28-15-26-22-10-5-3-8-20(22)21-9-4-6-11-23(21)27(26)16-30(28)33-31(24)25;1-16(2,3)11-13-9-10-15(17-12-13)14-7-5-4-6-8-14;/h3-12,14-17H,1-2H3;4-7,9-10,12H,11H2,1-3H3;/q2*-1;/i1D3,2D3;11D2;. The van der Waals surface area contributed by atoms with Gasteiger partial charge < -0.3 is 14.4 Å². The molecule has 0 amide bonds. The summed E-state index contributed by atoms with van der Waals surface area (Å²) in [6.07, 6.45) is 1.35. The van der Waals surface area contributed by atoms with Gasteiger partial charge in [0.1, 0.15) is 5.58 Å². The van der Waals surface area contributed by atoms with Gasteiger partial charge in [0.25, 0.3) is 0 Å². The van der Waals surface area contributed by atoms with Crippen LogP contribution in [0.2, 0.25) is 0 Å². The molecule has 0 bridgehead atoms. The number of aryl methyl sites for hydroxylation is 2. The molecule has 0 N–H and O–H groups in total. The Kier molecular flexibility index (Phi) is 7.00. The molecular weight excluding hydrogens is 801 g/mol. The summed E-state index contributed by atoms with van der Waals surface area (Å²) < 4.78 is 70.0. The van der Waals surface area contributed by atoms with Crippen molar-refractivity contribution < 1.29 is 35.5 Å². The normalized spacial score (nSPS) is 14.6. The van der Waals surface area contributed by atoms with Crippen LogP contribution < -0.4 is 0 Å². The molecular formula is C47H38IrN2O-2. The van der Waals surface area contributed by atoms with Crippen molar-refractivity contribution in [2.24, 2.45) is 5.41 Å². The van der Waals surface area contributed by atoms with Crippen LogP contribution in [-0.2, 0) is 26.5 Å². The number of nitrogens with zero attached hydrogens (tertiary/aromatic N) is 2. The molecule has 0 saturated heterocycles. The molecule has 4 heteroatoms. The molecule has 0 aliphatic carbocycles. The first kappa shape index (κ1) is 25.7. The molecule has 0 aliphatic rings. The number of furan rings is 1. The molecule has 3 nitrogen and oxygen atoms in total. The van der Waals surface area contributed by atoms with E-state index in [9.17, 15) is 0 Å². The zero-order valence-electron chi connectivity index (χ0n) is 36.3. The van der Waals surface area contributed by atoms with Crippen LogP contribution in [0, 0.1) is 31.3 Å². The SMILES string of the molecule is [2H]C([2H])([2H])c1cnc(-c2[c-]ccc3c2oc2cc4c5ccccc5c5ccccc5c4cc23)cc1C([2H])([2H])[2H].[2H]C([2H])(c1ccc(-c2[c-]cccc2)nc1)C(C)(C)C.[Ir]. The van der Waals surface area contributed by atoms with Crippen LogP contribution in [0.4, 0.5) is 0 Å². The van der Waals surface area contributed by atoms with Gasteiger partial charge in [-0.3, -0.25) is 0 Å². The van der Waals surface area contributed by atoms with Crippen LogP contribution in [-0.4, -0.2) is 9.97 Å². The van der Waals surface area contributed by atoms with Crippen LogP contribution in [0.15, 0.2) is 132 Å². The summed E-state index contributed by atoms with van der Waals surface area (Å²) in [4.78, 5) is 8.70. The Bertz CT molecular complexity index is 2990. The molecule has 1 radical (unpaired) electrons. The van der Waals surface area contributed by atoms with Crippen LogP contribution in [0.25, 0.3) is 76.8 Å². The number of hydrogen-bond donors (Lipinski definition) is 0. The topological polar surface area (TPSA) is 38.9 Å². The number of fused-ring (bicyclic) bond motifs is 9. The summed E-state index contributed by atoms with van der Waals surface area (Å²) in [5.41, 5.74) is 3.32. The average molecular weight is 847 g/mol. The summed E-state index contributed by atoms with van der Waals surface area (Å²) in [5.74, 6) is 0. The van der Waals surface area contributed by atoms with Crippen molar-refractivity contribution >= 4 is 54.3 Å². The van der Waals surface area contributed by atoms with Gasteiger partial charge in [-0.05, 0) is 92.5 Å². The van der Waals surface area contributed by atoms with Gasteiger partial charge in [-0.25, -0.2) is 0 Å². The van der Waals surface area contributed by atoms with Crippen LogP contribution >= 0.6 is 0 Å². The van der Waals surface area contributed by atoms with Crippen LogP contribution in [0.1, 0.15) is 48.4 Å². The van der Waals surface area contributed by atoms with Gasteiger partial charge in [-0.2, -0.15) is 0 Å². The molecule has 253 valence electrons. The maximum Gasteiger partial charge on any atom is 0.121 e. The minimum absolute atomic E-state index is 0. The molecule has 6 aromatic carbocycles. The van der Waals surface area contributed by atoms with E-state index in [0.717, 1.165) is 49.8 Å². The maximum absolute atomic E-state index is 8.21. The van der Waals surface area contributed by atoms with Crippen molar-refractivity contribution in [3.05, 3.63) is 156 Å². The second-order valence-electron chi connectivity index (χ2n) is 13.4. The van der Waals surface area contributed by atoms with E-state index in [-0.39, 0.29) is 31.2 Å². The molecule has 3 aromatic heterocycles. The van der Waals surface area contributed by atoms with Gasteiger partial charge in [-0.15, -0.1) is 54.1 Å². The Balaban J connectivity index is 0.000000223. The Labute approximate surface area is 324 Å². The van der Waals surface area contributed by atoms with Crippen LogP contribution in [0.5, 0.6) is 0 Å². The summed E-state index contributed by atoms with van der Waals surface area (Å²) in [6, 6.07) is 43.4. The molecule has 51 heavy (non-hydrogen) atoms. The minimum Gasteiger partial charge on any atom is -0.501 e. The monoisotopic (exact) mass is 847 g/mol. The summed E-state index contributed by atoms with van der Waals surface area (Å²) in [6.45, 7) is 0.461. The summed E-state index contributed by atoms with van der Waals surface area (Å²) in [5, 5.41) is 8.57. The second-order valence-corrected chi connectivity index (χ2v) is 13.4. The third kappa shape index (κ3) is 6.70. The zero-order valence-corrected chi connectivity index (χ0v) is 30.7. The van der Waals surface area contributed by atoms with Crippen LogP contribution in [0.3, 0.4) is 0 Å². The number of rotatable bonds is 3. The van der Waals surface area contributed by atoms with Crippen molar-refractivity contribution in [2.75, 3.05) is 0 Å². The van der Waals surface area contributed by atoms with E-state index in [1.54, 1.807) is 12.3 Å². The van der Waals surface area contributed by atoms with E-state index < -0.39 is 25.5 Å². The fourth-order valence-corrected chi connectivity index (χ4v) is 6.53. The molecule has 0 unspecified atom stereocenters. The minimum atomic E-state index is -2.62. The fourth-order valence-electron chi connectivity index (χ4n) is 6.53. The third-order valence-electron chi connectivity index (χ3n) is 8.72. The zero-order chi connectivity index (χ0) is 41.2. The van der Waals surface area contributed by atoms with Crippen molar-refractivity contribution in [3.63, 3.8) is 0 Å². The maximum atomic E-state index is 8.21. The molecule has 0 spiro atoms. The number of hydrogen-bond acceptors (Lipinski definition) is 3. The van der Waals surface area contributed by atoms with Gasteiger partial charge in [0, 0.05) is 48.9 Å². The predicted octanol–water partition coefficient (Wildman–Crippen LogP) is 12.7. The van der Waals surface area contributed by atoms with Crippen molar-refractivity contribution in [3.8, 4) is 22.5 Å². The van der Waals surface area contributed by atoms with Gasteiger partial charge in [0.2, 0.25) is 0 Å². The fraction of sp³-hybridized carbons (Fsp3) is 0.149. The Morgan fingerprint density at radius 3 is 1.92 bits per heavy atom. The predicted molar refractivity (Wildman–Crippen MR) is 209 cm³/mol. The van der Waals surface area contributed by atoms with E-state index in [4.69, 9.17) is 15.4 Å². The van der Waals surface area contributed by atoms with E-state index in [1.165, 1.54) is 16.8 Å². The summed E-state index contributed by atoms with van der Waals surface area (Å²) >= 11 is 0. The van der Waals surface area contributed by atoms with Crippen molar-refractivity contribution in [1.29, 1.82) is 0 Å². The molecule has 0 atom stereocenters. The van der Waals surface area contributed by atoms with Gasteiger partial charge in [0.05, 0.1) is 5.58 Å². The van der Waals surface area contributed by atoms with E-state index >= 15 is 0 Å². The first-order chi connectivity index (χ1) is 27.4. The van der Waals surface area contributed by atoms with E-state index in [1.807, 2.05) is 87.5 Å². The van der Waals surface area contributed by atoms with E-state index in [2.05, 4.69) is 58.5 Å². The number of aromatic nitrogens is 2. The van der Waals surface area contributed by atoms with Gasteiger partial charge >= 0.3 is 0 Å². The average Bonchev–Trinajstić information content (AvgIpc) is 3.57. The number of benzene rings is 6. The van der Waals surface area contributed by atoms with Gasteiger partial charge in [-0.1, -0.05) is 104 Å². The second kappa shape index (κ2) is 13.9. The number of pyridine rings is 2. The smallest absolute Gasteiger partial charge is 0.121 e. The Morgan fingerprint density at radius 2 is 1.29 bits per heavy atom. The molecule has 0 fully saturated rings. The molecule has 3 heterocycles. The Morgan fingerprint density at radius 1 is 0.627 bits per heavy atom. The third-order valence-corrected chi connectivity index (χ3v) is 8.72. The van der Waals surface area contributed by atoms with Crippen molar-refractivity contribution in [1.82, 2.24) is 9.97 Å². The molecule has 9 rings (SSSR count). The Hall–Kier alpha value is -5.15. The first-order valence-electron chi connectivity index (χ1n) is 20.5. The largest absolute Gasteiger partial charge is 0.501 e. The van der Waals surface area contributed by atoms with Gasteiger partial charge in [0.15, 0.2) is 0 Å².